The molecule has 0 saturated carbocycles. The van der Waals surface area contributed by atoms with Crippen molar-refractivity contribution in [1.29, 1.82) is 0 Å². The summed E-state index contributed by atoms with van der Waals surface area (Å²) in [7, 11) is 1.98. The van der Waals surface area contributed by atoms with E-state index in [1.165, 1.54) is 47.5 Å². The van der Waals surface area contributed by atoms with Crippen molar-refractivity contribution in [3.05, 3.63) is 78.4 Å². The third-order valence-electron chi connectivity index (χ3n) is 6.29. The van der Waals surface area contributed by atoms with Crippen molar-refractivity contribution in [2.24, 2.45) is 11.0 Å². The molecule has 1 atom stereocenters. The molecule has 1 unspecified atom stereocenters. The second-order valence-corrected chi connectivity index (χ2v) is 8.42. The lowest BCUT2D eigenvalue weighted by Gasteiger charge is -2.17. The molecule has 160 valence electrons. The van der Waals surface area contributed by atoms with Crippen LogP contribution in [0.25, 0.3) is 21.8 Å². The molecule has 0 fully saturated rings. The fourth-order valence-electron chi connectivity index (χ4n) is 4.39. The average molecular weight is 412 g/mol. The van der Waals surface area contributed by atoms with E-state index in [0.717, 1.165) is 23.7 Å². The number of rotatable bonds is 9. The lowest BCUT2D eigenvalue weighted by Crippen LogP contribution is -2.10. The largest absolute Gasteiger partial charge is 0.340 e. The molecule has 0 spiro atoms. The van der Waals surface area contributed by atoms with Gasteiger partial charge in [0, 0.05) is 35.4 Å². The summed E-state index contributed by atoms with van der Waals surface area (Å²) in [5, 5.41) is 9.21. The summed E-state index contributed by atoms with van der Waals surface area (Å²) < 4.78 is 2.53. The Hall–Kier alpha value is -3.07. The van der Waals surface area contributed by atoms with Crippen LogP contribution in [0.3, 0.4) is 0 Å². The van der Waals surface area contributed by atoms with E-state index in [2.05, 4.69) is 78.1 Å². The summed E-state index contributed by atoms with van der Waals surface area (Å²) in [6, 6.07) is 25.8. The third kappa shape index (κ3) is 4.66. The summed E-state index contributed by atoms with van der Waals surface area (Å²) in [4.78, 5) is 0. The van der Waals surface area contributed by atoms with Gasteiger partial charge >= 0.3 is 0 Å². The highest BCUT2D eigenvalue weighted by molar-refractivity contribution is 6.09. The maximum atomic E-state index is 4.66. The number of hydrogen-bond donors (Lipinski definition) is 0. The predicted molar refractivity (Wildman–Crippen MR) is 135 cm³/mol. The molecule has 0 amide bonds. The minimum absolute atomic E-state index is 0.722. The Morgan fingerprint density at radius 2 is 1.65 bits per heavy atom. The average Bonchev–Trinajstić information content (AvgIpc) is 3.13. The number of para-hydroxylation sites is 2. The minimum atomic E-state index is 0.722. The Balaban J connectivity index is 1.68. The fourth-order valence-corrected chi connectivity index (χ4v) is 4.39. The first-order valence-corrected chi connectivity index (χ1v) is 11.5. The molecule has 4 rings (SSSR count). The SMILES string of the molecule is CCCCC(CC)Cn1c2ccccc2c2cc(C=NN(C)c3ccccc3)ccc21. The molecule has 1 aromatic heterocycles. The highest BCUT2D eigenvalue weighted by Gasteiger charge is 2.14. The quantitative estimate of drug-likeness (QED) is 0.206. The maximum Gasteiger partial charge on any atom is 0.0590 e. The standard InChI is InChI=1S/C28H33N3/c1-4-6-12-22(5-2)21-31-27-16-11-10-15-25(27)26-19-23(17-18-28(26)31)20-29-30(3)24-13-8-7-9-14-24/h7-11,13-20,22H,4-6,12,21H2,1-3H3. The van der Waals surface area contributed by atoms with Gasteiger partial charge < -0.3 is 4.57 Å². The molecule has 3 aromatic carbocycles. The van der Waals surface area contributed by atoms with E-state index in [0.29, 0.717) is 0 Å². The number of unbranched alkanes of at least 4 members (excludes halogenated alkanes) is 1. The van der Waals surface area contributed by atoms with Crippen molar-refractivity contribution >= 4 is 33.7 Å². The van der Waals surface area contributed by atoms with Crippen LogP contribution in [-0.4, -0.2) is 17.8 Å². The van der Waals surface area contributed by atoms with E-state index < -0.39 is 0 Å². The van der Waals surface area contributed by atoms with Crippen LogP contribution in [-0.2, 0) is 6.54 Å². The molecule has 1 heterocycles. The second kappa shape index (κ2) is 9.82. The molecular formula is C28H33N3. The van der Waals surface area contributed by atoms with Gasteiger partial charge in [-0.2, -0.15) is 5.10 Å². The first-order chi connectivity index (χ1) is 15.2. The fraction of sp³-hybridized carbons (Fsp3) is 0.321. The molecule has 0 saturated heterocycles. The van der Waals surface area contributed by atoms with Gasteiger partial charge in [-0.05, 0) is 48.2 Å². The zero-order chi connectivity index (χ0) is 21.6. The maximum absolute atomic E-state index is 4.66. The van der Waals surface area contributed by atoms with E-state index in [-0.39, 0.29) is 0 Å². The van der Waals surface area contributed by atoms with E-state index in [4.69, 9.17) is 0 Å². The van der Waals surface area contributed by atoms with Gasteiger partial charge in [-0.3, -0.25) is 5.01 Å². The van der Waals surface area contributed by atoms with Crippen molar-refractivity contribution < 1.29 is 0 Å². The van der Waals surface area contributed by atoms with Crippen LogP contribution in [0.2, 0.25) is 0 Å². The van der Waals surface area contributed by atoms with Crippen LogP contribution in [0.15, 0.2) is 77.9 Å². The highest BCUT2D eigenvalue weighted by Crippen LogP contribution is 2.31. The van der Waals surface area contributed by atoms with Gasteiger partial charge in [-0.25, -0.2) is 0 Å². The predicted octanol–water partition coefficient (Wildman–Crippen LogP) is 7.48. The Morgan fingerprint density at radius 3 is 2.42 bits per heavy atom. The van der Waals surface area contributed by atoms with Gasteiger partial charge in [0.2, 0.25) is 0 Å². The van der Waals surface area contributed by atoms with E-state index in [1.807, 2.05) is 36.5 Å². The van der Waals surface area contributed by atoms with Crippen molar-refractivity contribution in [3.63, 3.8) is 0 Å². The van der Waals surface area contributed by atoms with Crippen LogP contribution in [0, 0.1) is 5.92 Å². The van der Waals surface area contributed by atoms with E-state index in [9.17, 15) is 0 Å². The van der Waals surface area contributed by atoms with Gasteiger partial charge in [0.15, 0.2) is 0 Å². The number of hydrazone groups is 1. The molecule has 31 heavy (non-hydrogen) atoms. The van der Waals surface area contributed by atoms with Crippen molar-refractivity contribution in [2.75, 3.05) is 12.1 Å². The first-order valence-electron chi connectivity index (χ1n) is 11.5. The summed E-state index contributed by atoms with van der Waals surface area (Å²) in [6.45, 7) is 5.70. The van der Waals surface area contributed by atoms with Crippen LogP contribution >= 0.6 is 0 Å². The molecule has 3 nitrogen and oxygen atoms in total. The molecule has 0 bridgehead atoms. The van der Waals surface area contributed by atoms with Crippen molar-refractivity contribution in [2.45, 2.75) is 46.1 Å². The van der Waals surface area contributed by atoms with E-state index >= 15 is 0 Å². The third-order valence-corrected chi connectivity index (χ3v) is 6.29. The summed E-state index contributed by atoms with van der Waals surface area (Å²) >= 11 is 0. The number of hydrogen-bond acceptors (Lipinski definition) is 2. The van der Waals surface area contributed by atoms with Gasteiger partial charge in [0.05, 0.1) is 11.9 Å². The lowest BCUT2D eigenvalue weighted by atomic mass is 9.99. The zero-order valence-electron chi connectivity index (χ0n) is 19.0. The van der Waals surface area contributed by atoms with Gasteiger partial charge in [-0.1, -0.05) is 75.6 Å². The van der Waals surface area contributed by atoms with Crippen molar-refractivity contribution in [3.8, 4) is 0 Å². The van der Waals surface area contributed by atoms with Crippen LogP contribution < -0.4 is 5.01 Å². The Kier molecular flexibility index (Phi) is 6.71. The Morgan fingerprint density at radius 1 is 0.903 bits per heavy atom. The summed E-state index contributed by atoms with van der Waals surface area (Å²) in [5.74, 6) is 0.722. The Bertz CT molecular complexity index is 1160. The number of nitrogens with zero attached hydrogens (tertiary/aromatic N) is 3. The number of fused-ring (bicyclic) bond motifs is 3. The second-order valence-electron chi connectivity index (χ2n) is 8.42. The van der Waals surface area contributed by atoms with E-state index in [1.54, 1.807) is 0 Å². The summed E-state index contributed by atoms with van der Waals surface area (Å²) in [6.07, 6.45) is 7.06. The smallest absolute Gasteiger partial charge is 0.0590 e. The molecule has 0 aliphatic rings. The van der Waals surface area contributed by atoms with Crippen LogP contribution in [0.1, 0.15) is 45.1 Å². The molecule has 0 aliphatic carbocycles. The molecule has 0 radical (unpaired) electrons. The van der Waals surface area contributed by atoms with Gasteiger partial charge in [0.1, 0.15) is 0 Å². The Labute approximate surface area is 186 Å². The van der Waals surface area contributed by atoms with Gasteiger partial charge in [-0.15, -0.1) is 0 Å². The topological polar surface area (TPSA) is 20.5 Å². The highest BCUT2D eigenvalue weighted by atomic mass is 15.4. The number of aromatic nitrogens is 1. The van der Waals surface area contributed by atoms with Crippen molar-refractivity contribution in [1.82, 2.24) is 4.57 Å². The lowest BCUT2D eigenvalue weighted by molar-refractivity contribution is 0.401. The zero-order valence-corrected chi connectivity index (χ0v) is 19.0. The number of benzene rings is 3. The van der Waals surface area contributed by atoms with Gasteiger partial charge in [0.25, 0.3) is 0 Å². The molecule has 0 N–H and O–H groups in total. The normalized spacial score (nSPS) is 12.7. The monoisotopic (exact) mass is 411 g/mol. The molecule has 3 heteroatoms. The summed E-state index contributed by atoms with van der Waals surface area (Å²) in [5.41, 5.74) is 4.86. The van der Waals surface area contributed by atoms with Crippen LogP contribution in [0.4, 0.5) is 5.69 Å². The molecular weight excluding hydrogens is 378 g/mol. The first kappa shape index (κ1) is 21.2. The number of anilines is 1. The molecule has 0 aliphatic heterocycles. The van der Waals surface area contributed by atoms with Crippen LogP contribution in [0.5, 0.6) is 0 Å². The minimum Gasteiger partial charge on any atom is -0.340 e. The molecule has 4 aromatic rings.